The van der Waals surface area contributed by atoms with Crippen LogP contribution in [0, 0.1) is 0 Å². The van der Waals surface area contributed by atoms with Crippen LogP contribution < -0.4 is 11.0 Å². The number of nitrogens with zero attached hydrogens (tertiary/aromatic N) is 2. The Morgan fingerprint density at radius 2 is 1.80 bits per heavy atom. The maximum absolute atomic E-state index is 13.0. The van der Waals surface area contributed by atoms with Crippen LogP contribution in [0.2, 0.25) is 0 Å². The molecule has 0 aliphatic heterocycles. The predicted octanol–water partition coefficient (Wildman–Crippen LogP) is 2.80. The number of rotatable bonds is 6. The molecule has 9 heteroatoms. The number of nitrogens with one attached hydrogen (secondary N) is 2. The van der Waals surface area contributed by atoms with E-state index in [4.69, 9.17) is 4.74 Å². The Bertz CT molecular complexity index is 1170. The Labute approximate surface area is 180 Å². The summed E-state index contributed by atoms with van der Waals surface area (Å²) in [7, 11) is 1.27. The molecule has 3 aromatic rings. The van der Waals surface area contributed by atoms with Crippen LogP contribution in [-0.4, -0.2) is 34.5 Å². The minimum absolute atomic E-state index is 0.147. The first-order chi connectivity index (χ1) is 14.4. The number of para-hydroxylation sites is 1. The van der Waals surface area contributed by atoms with Crippen molar-refractivity contribution in [3.63, 3.8) is 0 Å². The normalized spacial score (nSPS) is 11.2. The summed E-state index contributed by atoms with van der Waals surface area (Å²) in [6, 6.07) is 15.8. The van der Waals surface area contributed by atoms with Gasteiger partial charge in [-0.25, -0.2) is 10.1 Å². The fourth-order valence-corrected chi connectivity index (χ4v) is 3.32. The van der Waals surface area contributed by atoms with Crippen molar-refractivity contribution < 1.29 is 14.3 Å². The topological polar surface area (TPSA) is 106 Å². The van der Waals surface area contributed by atoms with E-state index in [9.17, 15) is 14.4 Å². The molecule has 8 nitrogen and oxygen atoms in total. The summed E-state index contributed by atoms with van der Waals surface area (Å²) >= 11 is 3.32. The van der Waals surface area contributed by atoms with Crippen LogP contribution in [-0.2, 0) is 16.0 Å². The first kappa shape index (κ1) is 21.3. The molecule has 1 amide bonds. The molecule has 2 aromatic carbocycles. The van der Waals surface area contributed by atoms with Crippen molar-refractivity contribution in [1.82, 2.24) is 15.2 Å². The van der Waals surface area contributed by atoms with Gasteiger partial charge < -0.3 is 4.74 Å². The lowest BCUT2D eigenvalue weighted by Crippen LogP contribution is -2.24. The molecule has 0 aliphatic carbocycles. The Kier molecular flexibility index (Phi) is 6.63. The van der Waals surface area contributed by atoms with Crippen molar-refractivity contribution in [2.45, 2.75) is 13.3 Å². The lowest BCUT2D eigenvalue weighted by atomic mass is 10.1. The van der Waals surface area contributed by atoms with E-state index >= 15 is 0 Å². The maximum Gasteiger partial charge on any atom is 0.311 e. The van der Waals surface area contributed by atoms with E-state index < -0.39 is 17.4 Å². The second-order valence-corrected chi connectivity index (χ2v) is 7.17. The van der Waals surface area contributed by atoms with Crippen molar-refractivity contribution in [2.24, 2.45) is 5.10 Å². The highest BCUT2D eigenvalue weighted by Crippen LogP contribution is 2.15. The molecule has 154 valence electrons. The van der Waals surface area contributed by atoms with Crippen molar-refractivity contribution in [2.75, 3.05) is 7.11 Å². The average molecular weight is 471 g/mol. The highest BCUT2D eigenvalue weighted by atomic mass is 79.9. The summed E-state index contributed by atoms with van der Waals surface area (Å²) in [6.07, 6.45) is -0.147. The largest absolute Gasteiger partial charge is 0.469 e. The van der Waals surface area contributed by atoms with Crippen molar-refractivity contribution >= 4 is 33.5 Å². The minimum Gasteiger partial charge on any atom is -0.469 e. The predicted molar refractivity (Wildman–Crippen MR) is 116 cm³/mol. The van der Waals surface area contributed by atoms with E-state index in [2.05, 4.69) is 31.6 Å². The monoisotopic (exact) mass is 470 g/mol. The van der Waals surface area contributed by atoms with Gasteiger partial charge in [0.25, 0.3) is 11.5 Å². The van der Waals surface area contributed by atoms with Crippen LogP contribution in [0.3, 0.4) is 0 Å². The van der Waals surface area contributed by atoms with E-state index in [-0.39, 0.29) is 17.7 Å². The van der Waals surface area contributed by atoms with Gasteiger partial charge in [-0.3, -0.25) is 19.5 Å². The smallest absolute Gasteiger partial charge is 0.311 e. The van der Waals surface area contributed by atoms with Crippen LogP contribution in [0.4, 0.5) is 0 Å². The van der Waals surface area contributed by atoms with E-state index in [1.165, 1.54) is 11.8 Å². The lowest BCUT2D eigenvalue weighted by molar-refractivity contribution is -0.139. The number of hydrogen-bond donors (Lipinski definition) is 2. The van der Waals surface area contributed by atoms with Crippen LogP contribution in [0.15, 0.2) is 69.0 Å². The SMILES string of the molecule is COC(=O)Cc1[nH]n(-c2ccccc2)c(=O)c1C(C)=NNC(=O)c1ccccc1Br. The third-order valence-electron chi connectivity index (χ3n) is 4.33. The van der Waals surface area contributed by atoms with Gasteiger partial charge in [-0.15, -0.1) is 0 Å². The Hall–Kier alpha value is -3.46. The molecule has 0 bridgehead atoms. The number of hydrazone groups is 1. The minimum atomic E-state index is -0.511. The molecule has 30 heavy (non-hydrogen) atoms. The first-order valence-corrected chi connectivity index (χ1v) is 9.77. The number of halogens is 1. The average Bonchev–Trinajstić information content (AvgIpc) is 3.08. The first-order valence-electron chi connectivity index (χ1n) is 8.98. The van der Waals surface area contributed by atoms with Gasteiger partial charge in [-0.05, 0) is 47.1 Å². The van der Waals surface area contributed by atoms with Crippen molar-refractivity contribution in [1.29, 1.82) is 0 Å². The third kappa shape index (κ3) is 4.57. The molecule has 0 saturated carbocycles. The molecule has 0 unspecified atom stereocenters. The quantitative estimate of drug-likeness (QED) is 0.328. The standard InChI is InChI=1S/C21H19BrN4O4/c1-13(23-24-20(28)15-10-6-7-11-16(15)22)19-17(12-18(27)30-2)25-26(21(19)29)14-8-4-3-5-9-14/h3-11,25H,12H2,1-2H3,(H,24,28). The number of methoxy groups -OCH3 is 1. The number of aromatic nitrogens is 2. The van der Waals surface area contributed by atoms with E-state index in [1.54, 1.807) is 55.5 Å². The maximum atomic E-state index is 13.0. The van der Waals surface area contributed by atoms with E-state index in [1.807, 2.05) is 6.07 Å². The van der Waals surface area contributed by atoms with Gasteiger partial charge in [0.15, 0.2) is 0 Å². The summed E-state index contributed by atoms with van der Waals surface area (Å²) in [5.74, 6) is -0.946. The molecule has 3 rings (SSSR count). The molecule has 0 saturated heterocycles. The highest BCUT2D eigenvalue weighted by molar-refractivity contribution is 9.10. The number of hydrogen-bond acceptors (Lipinski definition) is 5. The second-order valence-electron chi connectivity index (χ2n) is 6.31. The van der Waals surface area contributed by atoms with Gasteiger partial charge in [-0.1, -0.05) is 30.3 Å². The van der Waals surface area contributed by atoms with Gasteiger partial charge in [0.05, 0.1) is 41.8 Å². The fraction of sp³-hybridized carbons (Fsp3) is 0.143. The molecule has 0 radical (unpaired) electrons. The summed E-state index contributed by atoms with van der Waals surface area (Å²) in [6.45, 7) is 1.58. The number of carbonyl (C=O) groups is 2. The van der Waals surface area contributed by atoms with Crippen molar-refractivity contribution in [3.8, 4) is 5.69 Å². The zero-order valence-corrected chi connectivity index (χ0v) is 17.9. The zero-order valence-electron chi connectivity index (χ0n) is 16.3. The van der Waals surface area contributed by atoms with Crippen LogP contribution in [0.5, 0.6) is 0 Å². The third-order valence-corrected chi connectivity index (χ3v) is 5.03. The molecule has 1 aromatic heterocycles. The number of H-pyrrole nitrogens is 1. The van der Waals surface area contributed by atoms with Gasteiger partial charge in [0, 0.05) is 4.47 Å². The molecule has 1 heterocycles. The molecular formula is C21H19BrN4O4. The molecule has 0 atom stereocenters. The summed E-state index contributed by atoms with van der Waals surface area (Å²) in [5, 5.41) is 7.03. The van der Waals surface area contributed by atoms with Gasteiger partial charge in [0.2, 0.25) is 0 Å². The second kappa shape index (κ2) is 9.36. The van der Waals surface area contributed by atoms with Crippen LogP contribution >= 0.6 is 15.9 Å². The van der Waals surface area contributed by atoms with Crippen LogP contribution in [0.1, 0.15) is 28.5 Å². The number of aromatic amines is 1. The summed E-state index contributed by atoms with van der Waals surface area (Å²) in [4.78, 5) is 37.3. The van der Waals surface area contributed by atoms with Gasteiger partial charge >= 0.3 is 5.97 Å². The van der Waals surface area contributed by atoms with Crippen molar-refractivity contribution in [3.05, 3.63) is 86.2 Å². The van der Waals surface area contributed by atoms with E-state index in [0.29, 0.717) is 21.4 Å². The molecular weight excluding hydrogens is 452 g/mol. The number of amides is 1. The fourth-order valence-electron chi connectivity index (χ4n) is 2.86. The lowest BCUT2D eigenvalue weighted by Gasteiger charge is -2.04. The molecule has 0 spiro atoms. The van der Waals surface area contributed by atoms with Crippen LogP contribution in [0.25, 0.3) is 5.69 Å². The number of benzene rings is 2. The van der Waals surface area contributed by atoms with Gasteiger partial charge in [0.1, 0.15) is 0 Å². The number of ether oxygens (including phenoxy) is 1. The Balaban J connectivity index is 1.98. The Morgan fingerprint density at radius 3 is 2.47 bits per heavy atom. The number of esters is 1. The Morgan fingerprint density at radius 1 is 1.13 bits per heavy atom. The summed E-state index contributed by atoms with van der Waals surface area (Å²) < 4.78 is 6.67. The van der Waals surface area contributed by atoms with Gasteiger partial charge in [-0.2, -0.15) is 5.10 Å². The molecule has 2 N–H and O–H groups in total. The molecule has 0 aliphatic rings. The molecule has 0 fully saturated rings. The number of carbonyl (C=O) groups excluding carboxylic acids is 2. The van der Waals surface area contributed by atoms with E-state index in [0.717, 1.165) is 0 Å². The zero-order chi connectivity index (χ0) is 21.7. The highest BCUT2D eigenvalue weighted by Gasteiger charge is 2.21. The summed E-state index contributed by atoms with van der Waals surface area (Å²) in [5.41, 5.74) is 3.85.